The van der Waals surface area contributed by atoms with E-state index in [0.29, 0.717) is 16.4 Å². The first-order valence-electron chi connectivity index (χ1n) is 9.81. The minimum absolute atomic E-state index is 0.0112. The van der Waals surface area contributed by atoms with E-state index < -0.39 is 12.1 Å². The van der Waals surface area contributed by atoms with Crippen LogP contribution in [-0.2, 0) is 27.8 Å². The summed E-state index contributed by atoms with van der Waals surface area (Å²) >= 11 is 6.21. The minimum atomic E-state index is -0.480. The number of halogens is 1. The highest BCUT2D eigenvalue weighted by Crippen LogP contribution is 2.34. The summed E-state index contributed by atoms with van der Waals surface area (Å²) < 4.78 is 7.18. The van der Waals surface area contributed by atoms with Crippen molar-refractivity contribution in [1.82, 2.24) is 15.0 Å². The van der Waals surface area contributed by atoms with Crippen LogP contribution in [0.3, 0.4) is 0 Å². The Morgan fingerprint density at radius 1 is 1.26 bits per heavy atom. The molecule has 3 aromatic rings. The van der Waals surface area contributed by atoms with Gasteiger partial charge < -0.3 is 15.0 Å². The van der Waals surface area contributed by atoms with Gasteiger partial charge in [0.1, 0.15) is 11.8 Å². The number of ether oxygens (including phenoxy) is 1. The van der Waals surface area contributed by atoms with E-state index in [1.54, 1.807) is 24.7 Å². The number of aromatic nitrogens is 3. The number of aryl methyl sites for hydroxylation is 1. The molecular weight excluding hydrogens is 418 g/mol. The normalized spacial score (nSPS) is 14.1. The fraction of sp³-hybridized carbons (Fsp3) is 0.273. The number of rotatable bonds is 5. The van der Waals surface area contributed by atoms with Crippen molar-refractivity contribution in [3.63, 3.8) is 0 Å². The Bertz CT molecular complexity index is 1160. The molecule has 0 saturated carbocycles. The Morgan fingerprint density at radius 2 is 2.03 bits per heavy atom. The number of benzene rings is 2. The fourth-order valence-electron chi connectivity index (χ4n) is 3.63. The summed E-state index contributed by atoms with van der Waals surface area (Å²) in [5.41, 5.74) is 4.40. The minimum Gasteiger partial charge on any atom is -0.457 e. The SMILES string of the molecule is C[C@@H](OC(=O)Cc1c(-c2ccc3c(c2)N(C)CC(=O)N3)nnn1C)c1ccccc1Cl. The van der Waals surface area contributed by atoms with Crippen LogP contribution in [0.25, 0.3) is 11.3 Å². The maximum Gasteiger partial charge on any atom is 0.312 e. The second kappa shape index (κ2) is 8.39. The second-order valence-corrected chi connectivity index (χ2v) is 7.88. The number of hydrogen-bond acceptors (Lipinski definition) is 6. The third-order valence-corrected chi connectivity index (χ3v) is 5.59. The van der Waals surface area contributed by atoms with E-state index in [2.05, 4.69) is 15.6 Å². The summed E-state index contributed by atoms with van der Waals surface area (Å²) in [6.07, 6.45) is -0.469. The molecule has 9 heteroatoms. The Morgan fingerprint density at radius 3 is 2.81 bits per heavy atom. The van der Waals surface area contributed by atoms with E-state index >= 15 is 0 Å². The topological polar surface area (TPSA) is 89.3 Å². The third-order valence-electron chi connectivity index (χ3n) is 5.24. The molecule has 0 unspecified atom stereocenters. The molecule has 0 fully saturated rings. The van der Waals surface area contributed by atoms with Crippen molar-refractivity contribution in [1.29, 1.82) is 0 Å². The van der Waals surface area contributed by atoms with Gasteiger partial charge in [-0.3, -0.25) is 14.3 Å². The van der Waals surface area contributed by atoms with Crippen LogP contribution in [0.4, 0.5) is 11.4 Å². The van der Waals surface area contributed by atoms with Crippen LogP contribution in [0.5, 0.6) is 0 Å². The van der Waals surface area contributed by atoms with Crippen molar-refractivity contribution < 1.29 is 14.3 Å². The fourth-order valence-corrected chi connectivity index (χ4v) is 3.92. The number of nitrogens with zero attached hydrogens (tertiary/aromatic N) is 4. The maximum atomic E-state index is 12.7. The number of fused-ring (bicyclic) bond motifs is 1. The summed E-state index contributed by atoms with van der Waals surface area (Å²) in [7, 11) is 3.59. The lowest BCUT2D eigenvalue weighted by molar-refractivity contribution is -0.147. The Hall–Kier alpha value is -3.39. The van der Waals surface area contributed by atoms with Gasteiger partial charge in [0.15, 0.2) is 0 Å². The molecule has 8 nitrogen and oxygen atoms in total. The van der Waals surface area contributed by atoms with E-state index in [-0.39, 0.29) is 18.9 Å². The van der Waals surface area contributed by atoms with Gasteiger partial charge in [0, 0.05) is 30.2 Å². The van der Waals surface area contributed by atoms with Crippen molar-refractivity contribution in [2.45, 2.75) is 19.4 Å². The number of esters is 1. The number of hydrogen-bond donors (Lipinski definition) is 1. The molecule has 31 heavy (non-hydrogen) atoms. The molecule has 1 N–H and O–H groups in total. The van der Waals surface area contributed by atoms with Gasteiger partial charge >= 0.3 is 5.97 Å². The molecule has 1 atom stereocenters. The van der Waals surface area contributed by atoms with Gasteiger partial charge in [0.05, 0.1) is 30.0 Å². The van der Waals surface area contributed by atoms with Crippen LogP contribution in [-0.4, -0.2) is 40.5 Å². The number of nitrogens with one attached hydrogen (secondary N) is 1. The number of likely N-dealkylation sites (N-methyl/N-ethyl adjacent to an activating group) is 1. The molecule has 1 aliphatic heterocycles. The molecule has 160 valence electrons. The highest BCUT2D eigenvalue weighted by Gasteiger charge is 2.23. The van der Waals surface area contributed by atoms with Crippen LogP contribution in [0.2, 0.25) is 5.02 Å². The zero-order valence-electron chi connectivity index (χ0n) is 17.4. The molecule has 2 aromatic carbocycles. The smallest absolute Gasteiger partial charge is 0.312 e. The molecule has 0 saturated heterocycles. The van der Waals surface area contributed by atoms with Crippen molar-refractivity contribution in [2.75, 3.05) is 23.8 Å². The monoisotopic (exact) mass is 439 g/mol. The number of amides is 1. The number of carbonyl (C=O) groups is 2. The summed E-state index contributed by atoms with van der Waals surface area (Å²) in [5.74, 6) is -0.459. The summed E-state index contributed by atoms with van der Waals surface area (Å²) in [6.45, 7) is 2.06. The Balaban J connectivity index is 1.56. The molecule has 1 aromatic heterocycles. The molecule has 0 bridgehead atoms. The highest BCUT2D eigenvalue weighted by molar-refractivity contribution is 6.31. The van der Waals surface area contributed by atoms with Crippen LogP contribution < -0.4 is 10.2 Å². The zero-order chi connectivity index (χ0) is 22.1. The van der Waals surface area contributed by atoms with Gasteiger partial charge in [-0.05, 0) is 25.1 Å². The van der Waals surface area contributed by atoms with E-state index in [4.69, 9.17) is 16.3 Å². The van der Waals surface area contributed by atoms with Gasteiger partial charge in [-0.15, -0.1) is 5.10 Å². The van der Waals surface area contributed by atoms with Gasteiger partial charge in [-0.25, -0.2) is 0 Å². The standard InChI is InChI=1S/C22H22ClN5O3/c1-13(15-6-4-5-7-16(15)23)31-21(30)11-19-22(25-26-28(19)3)14-8-9-17-18(10-14)27(2)12-20(29)24-17/h4-10,13H,11-12H2,1-3H3,(H,24,29)/t13-/m1/s1. The Kier molecular flexibility index (Phi) is 5.65. The molecular formula is C22H22ClN5O3. The van der Waals surface area contributed by atoms with Crippen molar-refractivity contribution in [3.8, 4) is 11.3 Å². The molecule has 2 heterocycles. The maximum absolute atomic E-state index is 12.7. The molecule has 0 aliphatic carbocycles. The van der Waals surface area contributed by atoms with Crippen molar-refractivity contribution in [2.24, 2.45) is 7.05 Å². The highest BCUT2D eigenvalue weighted by atomic mass is 35.5. The van der Waals surface area contributed by atoms with Gasteiger partial charge in [-0.2, -0.15) is 0 Å². The first-order valence-corrected chi connectivity index (χ1v) is 10.2. The molecule has 1 amide bonds. The predicted molar refractivity (Wildman–Crippen MR) is 118 cm³/mol. The average molecular weight is 440 g/mol. The molecule has 0 radical (unpaired) electrons. The van der Waals surface area contributed by atoms with E-state index in [1.165, 1.54) is 0 Å². The first-order chi connectivity index (χ1) is 14.8. The lowest BCUT2D eigenvalue weighted by atomic mass is 10.0. The summed E-state index contributed by atoms with van der Waals surface area (Å²) in [6, 6.07) is 12.9. The molecule has 0 spiro atoms. The van der Waals surface area contributed by atoms with Crippen molar-refractivity contribution in [3.05, 3.63) is 58.7 Å². The summed E-state index contributed by atoms with van der Waals surface area (Å²) in [4.78, 5) is 26.3. The quantitative estimate of drug-likeness (QED) is 0.613. The van der Waals surface area contributed by atoms with Crippen molar-refractivity contribution >= 4 is 34.9 Å². The lowest BCUT2D eigenvalue weighted by Gasteiger charge is -2.27. The van der Waals surface area contributed by atoms with E-state index in [1.807, 2.05) is 48.3 Å². The average Bonchev–Trinajstić information content (AvgIpc) is 3.08. The molecule has 1 aliphatic rings. The second-order valence-electron chi connectivity index (χ2n) is 7.47. The molecule has 4 rings (SSSR count). The van der Waals surface area contributed by atoms with Gasteiger partial charge in [0.25, 0.3) is 0 Å². The first kappa shape index (κ1) is 20.9. The zero-order valence-corrected chi connectivity index (χ0v) is 18.2. The van der Waals surface area contributed by atoms with E-state index in [0.717, 1.165) is 22.5 Å². The third kappa shape index (κ3) is 4.25. The number of anilines is 2. The van der Waals surface area contributed by atoms with Crippen LogP contribution in [0, 0.1) is 0 Å². The van der Waals surface area contributed by atoms with Gasteiger partial charge in [0.2, 0.25) is 5.91 Å². The lowest BCUT2D eigenvalue weighted by Crippen LogP contribution is -2.35. The Labute approximate surface area is 184 Å². The largest absolute Gasteiger partial charge is 0.457 e. The van der Waals surface area contributed by atoms with Crippen LogP contribution >= 0.6 is 11.6 Å². The van der Waals surface area contributed by atoms with Crippen LogP contribution in [0.1, 0.15) is 24.3 Å². The van der Waals surface area contributed by atoms with Crippen LogP contribution in [0.15, 0.2) is 42.5 Å². The van der Waals surface area contributed by atoms with E-state index in [9.17, 15) is 9.59 Å². The summed E-state index contributed by atoms with van der Waals surface area (Å²) in [5, 5.41) is 11.8. The number of carbonyl (C=O) groups excluding carboxylic acids is 2. The predicted octanol–water partition coefficient (Wildman–Crippen LogP) is 3.37. The van der Waals surface area contributed by atoms with Gasteiger partial charge in [-0.1, -0.05) is 41.1 Å².